The molecule has 2 amide bonds. The zero-order chi connectivity index (χ0) is 20.3. The highest BCUT2D eigenvalue weighted by Crippen LogP contribution is 2.27. The topological polar surface area (TPSA) is 111 Å². The number of benzene rings is 1. The molecule has 0 saturated carbocycles. The van der Waals surface area contributed by atoms with Crippen LogP contribution in [0.25, 0.3) is 0 Å². The van der Waals surface area contributed by atoms with E-state index >= 15 is 0 Å². The van der Waals surface area contributed by atoms with Gasteiger partial charge in [-0.3, -0.25) is 5.32 Å². The summed E-state index contributed by atoms with van der Waals surface area (Å²) in [6.45, 7) is 2.42. The van der Waals surface area contributed by atoms with Crippen LogP contribution in [-0.2, 0) is 12.5 Å². The fourth-order valence-corrected chi connectivity index (χ4v) is 2.33. The van der Waals surface area contributed by atoms with Crippen molar-refractivity contribution in [3.05, 3.63) is 53.1 Å². The van der Waals surface area contributed by atoms with Crippen molar-refractivity contribution in [2.45, 2.75) is 26.3 Å². The second-order valence-corrected chi connectivity index (χ2v) is 5.93. The van der Waals surface area contributed by atoms with E-state index in [1.54, 1.807) is 13.8 Å². The summed E-state index contributed by atoms with van der Waals surface area (Å²) in [4.78, 5) is 16.0. The van der Waals surface area contributed by atoms with Gasteiger partial charge in [0.15, 0.2) is 11.6 Å². The lowest BCUT2D eigenvalue weighted by atomic mass is 10.1. The minimum atomic E-state index is -3.44. The monoisotopic (exact) mass is 395 g/mol. The molecular weight excluding hydrogens is 379 g/mol. The lowest BCUT2D eigenvalue weighted by Gasteiger charge is -2.17. The Morgan fingerprint density at radius 2 is 2.11 bits per heavy atom. The van der Waals surface area contributed by atoms with Crippen LogP contribution in [0.2, 0.25) is 0 Å². The first kappa shape index (κ1) is 19.3. The fraction of sp³-hybridized carbons (Fsp3) is 0.312. The van der Waals surface area contributed by atoms with E-state index in [4.69, 9.17) is 4.52 Å². The molecule has 0 bridgehead atoms. The van der Waals surface area contributed by atoms with Gasteiger partial charge in [-0.25, -0.2) is 13.9 Å². The average Bonchev–Trinajstić information content (AvgIpc) is 3.20. The highest BCUT2D eigenvalue weighted by Gasteiger charge is 2.32. The number of nitrogens with zero attached hydrogens (tertiary/aromatic N) is 5. The first-order chi connectivity index (χ1) is 13.2. The van der Waals surface area contributed by atoms with Gasteiger partial charge >= 0.3 is 6.03 Å². The molecule has 0 unspecified atom stereocenters. The van der Waals surface area contributed by atoms with Crippen molar-refractivity contribution >= 4 is 11.8 Å². The zero-order valence-electron chi connectivity index (χ0n) is 14.9. The second kappa shape index (κ2) is 7.66. The zero-order valence-corrected chi connectivity index (χ0v) is 14.9. The number of urea groups is 1. The standard InChI is InChI=1S/C16H16F3N7O2/c1-9-14(23-25-26(9)7-13-21-10(2)28-24-13)22-15(27)20-8-16(18,19)11-4-3-5-12(17)6-11/h3-6H,7-8H2,1-2H3,(H2,20,22,27). The largest absolute Gasteiger partial charge is 0.340 e. The summed E-state index contributed by atoms with van der Waals surface area (Å²) >= 11 is 0. The van der Waals surface area contributed by atoms with E-state index in [0.717, 1.165) is 18.2 Å². The van der Waals surface area contributed by atoms with Gasteiger partial charge in [0.25, 0.3) is 5.92 Å². The third kappa shape index (κ3) is 4.45. The number of carbonyl (C=O) groups excluding carboxylic acids is 1. The summed E-state index contributed by atoms with van der Waals surface area (Å²) in [5.74, 6) is -3.37. The van der Waals surface area contributed by atoms with E-state index in [0.29, 0.717) is 17.4 Å². The van der Waals surface area contributed by atoms with Gasteiger partial charge in [-0.05, 0) is 19.1 Å². The molecule has 0 spiro atoms. The van der Waals surface area contributed by atoms with Crippen LogP contribution in [0.4, 0.5) is 23.8 Å². The first-order valence-corrected chi connectivity index (χ1v) is 8.12. The van der Waals surface area contributed by atoms with Gasteiger partial charge in [0.1, 0.15) is 12.4 Å². The summed E-state index contributed by atoms with van der Waals surface area (Å²) < 4.78 is 47.6. The number of amides is 2. The average molecular weight is 395 g/mol. The third-order valence-corrected chi connectivity index (χ3v) is 3.79. The van der Waals surface area contributed by atoms with E-state index in [2.05, 4.69) is 25.8 Å². The van der Waals surface area contributed by atoms with Gasteiger partial charge in [0.05, 0.1) is 12.2 Å². The Morgan fingerprint density at radius 3 is 2.79 bits per heavy atom. The molecule has 0 aliphatic heterocycles. The molecule has 9 nitrogen and oxygen atoms in total. The predicted octanol–water partition coefficient (Wildman–Crippen LogP) is 2.38. The molecule has 0 aliphatic rings. The lowest BCUT2D eigenvalue weighted by molar-refractivity contribution is -0.000375. The molecule has 0 radical (unpaired) electrons. The van der Waals surface area contributed by atoms with Crippen molar-refractivity contribution in [2.75, 3.05) is 11.9 Å². The third-order valence-electron chi connectivity index (χ3n) is 3.79. The van der Waals surface area contributed by atoms with Crippen LogP contribution < -0.4 is 10.6 Å². The molecule has 12 heteroatoms. The quantitative estimate of drug-likeness (QED) is 0.663. The minimum absolute atomic E-state index is 0.0896. The van der Waals surface area contributed by atoms with E-state index in [9.17, 15) is 18.0 Å². The maximum Gasteiger partial charge on any atom is 0.320 e. The van der Waals surface area contributed by atoms with E-state index in [1.807, 2.05) is 5.32 Å². The number of aryl methyl sites for hydroxylation is 1. The molecule has 0 fully saturated rings. The number of nitrogens with one attached hydrogen (secondary N) is 2. The van der Waals surface area contributed by atoms with Crippen molar-refractivity contribution < 1.29 is 22.5 Å². The molecule has 0 aliphatic carbocycles. The van der Waals surface area contributed by atoms with Gasteiger partial charge in [0, 0.05) is 12.5 Å². The first-order valence-electron chi connectivity index (χ1n) is 8.12. The van der Waals surface area contributed by atoms with Crippen LogP contribution in [0.15, 0.2) is 28.8 Å². The van der Waals surface area contributed by atoms with Crippen molar-refractivity contribution in [1.82, 2.24) is 30.5 Å². The summed E-state index contributed by atoms with van der Waals surface area (Å²) in [5.41, 5.74) is -0.0696. The second-order valence-electron chi connectivity index (χ2n) is 5.93. The molecule has 2 heterocycles. The van der Waals surface area contributed by atoms with E-state index < -0.39 is 29.9 Å². The number of carbonyl (C=O) groups is 1. The number of hydrogen-bond acceptors (Lipinski definition) is 6. The molecule has 28 heavy (non-hydrogen) atoms. The van der Waals surface area contributed by atoms with Crippen LogP contribution in [0, 0.1) is 19.7 Å². The lowest BCUT2D eigenvalue weighted by Crippen LogP contribution is -2.37. The molecule has 0 saturated heterocycles. The van der Waals surface area contributed by atoms with Crippen molar-refractivity contribution in [2.24, 2.45) is 0 Å². The van der Waals surface area contributed by atoms with Gasteiger partial charge in [-0.1, -0.05) is 22.5 Å². The number of rotatable bonds is 6. The van der Waals surface area contributed by atoms with Crippen molar-refractivity contribution in [3.63, 3.8) is 0 Å². The Labute approximate surface area is 156 Å². The molecule has 2 N–H and O–H groups in total. The Bertz CT molecular complexity index is 986. The van der Waals surface area contributed by atoms with Crippen LogP contribution >= 0.6 is 0 Å². The molecule has 148 valence electrons. The van der Waals surface area contributed by atoms with Crippen LogP contribution in [0.5, 0.6) is 0 Å². The normalized spacial score (nSPS) is 11.5. The molecule has 2 aromatic heterocycles. The Kier molecular flexibility index (Phi) is 5.29. The smallest absolute Gasteiger partial charge is 0.320 e. The fourth-order valence-electron chi connectivity index (χ4n) is 2.33. The summed E-state index contributed by atoms with van der Waals surface area (Å²) in [5, 5.41) is 15.8. The SMILES string of the molecule is Cc1nc(Cn2nnc(NC(=O)NCC(F)(F)c3cccc(F)c3)c2C)no1. The molecular formula is C16H16F3N7O2. The van der Waals surface area contributed by atoms with Gasteiger partial charge in [-0.15, -0.1) is 5.10 Å². The molecule has 0 atom stereocenters. The molecule has 1 aromatic carbocycles. The van der Waals surface area contributed by atoms with E-state index in [1.165, 1.54) is 10.7 Å². The number of alkyl halides is 2. The van der Waals surface area contributed by atoms with Gasteiger partial charge in [0.2, 0.25) is 5.89 Å². The van der Waals surface area contributed by atoms with Crippen LogP contribution in [-0.4, -0.2) is 37.7 Å². The summed E-state index contributed by atoms with van der Waals surface area (Å²) in [6, 6.07) is 3.13. The highest BCUT2D eigenvalue weighted by molar-refractivity contribution is 5.88. The van der Waals surface area contributed by atoms with Gasteiger partial charge in [-0.2, -0.15) is 13.8 Å². The maximum absolute atomic E-state index is 14.1. The maximum atomic E-state index is 14.1. The van der Waals surface area contributed by atoms with Crippen LogP contribution in [0.3, 0.4) is 0 Å². The Balaban J connectivity index is 1.59. The Morgan fingerprint density at radius 1 is 1.32 bits per heavy atom. The minimum Gasteiger partial charge on any atom is -0.340 e. The van der Waals surface area contributed by atoms with Crippen molar-refractivity contribution in [3.8, 4) is 0 Å². The summed E-state index contributed by atoms with van der Waals surface area (Å²) in [6.07, 6.45) is 0. The number of anilines is 1. The van der Waals surface area contributed by atoms with Crippen molar-refractivity contribution in [1.29, 1.82) is 0 Å². The van der Waals surface area contributed by atoms with E-state index in [-0.39, 0.29) is 12.4 Å². The molecule has 3 rings (SSSR count). The number of aromatic nitrogens is 5. The highest BCUT2D eigenvalue weighted by atomic mass is 19.3. The Hall–Kier alpha value is -3.44. The van der Waals surface area contributed by atoms with Gasteiger partial charge < -0.3 is 9.84 Å². The number of halogens is 3. The number of hydrogen-bond donors (Lipinski definition) is 2. The molecule has 3 aromatic rings. The van der Waals surface area contributed by atoms with Crippen LogP contribution in [0.1, 0.15) is 23.0 Å². The predicted molar refractivity (Wildman–Crippen MR) is 90.2 cm³/mol. The summed E-state index contributed by atoms with van der Waals surface area (Å²) in [7, 11) is 0.